The maximum atomic E-state index is 12.1. The van der Waals surface area contributed by atoms with Gasteiger partial charge in [0.15, 0.2) is 0 Å². The van der Waals surface area contributed by atoms with E-state index in [0.717, 1.165) is 6.42 Å². The third-order valence-corrected chi connectivity index (χ3v) is 3.23. The van der Waals surface area contributed by atoms with Crippen LogP contribution in [-0.2, 0) is 14.2 Å². The lowest BCUT2D eigenvalue weighted by Crippen LogP contribution is -2.36. The third-order valence-electron chi connectivity index (χ3n) is 3.23. The highest BCUT2D eigenvalue weighted by molar-refractivity contribution is 4.74. The van der Waals surface area contributed by atoms with E-state index >= 15 is 0 Å². The van der Waals surface area contributed by atoms with Crippen LogP contribution in [0.5, 0.6) is 0 Å². The van der Waals surface area contributed by atoms with Gasteiger partial charge in [-0.2, -0.15) is 13.2 Å². The highest BCUT2D eigenvalue weighted by Gasteiger charge is 2.31. The van der Waals surface area contributed by atoms with Crippen LogP contribution in [0.3, 0.4) is 0 Å². The first-order valence-electron chi connectivity index (χ1n) is 8.05. The largest absolute Gasteiger partial charge is 0.411 e. The number of alkyl halides is 3. The Bertz CT molecular complexity index is 323. The van der Waals surface area contributed by atoms with Crippen LogP contribution in [0, 0.1) is 10.8 Å². The van der Waals surface area contributed by atoms with Crippen molar-refractivity contribution in [2.45, 2.75) is 39.8 Å². The monoisotopic (exact) mass is 360 g/mol. The van der Waals surface area contributed by atoms with Crippen molar-refractivity contribution in [3.63, 3.8) is 0 Å². The molecule has 0 bridgehead atoms. The van der Waals surface area contributed by atoms with E-state index in [9.17, 15) is 18.3 Å². The first-order valence-corrected chi connectivity index (χ1v) is 8.05. The second-order valence-electron chi connectivity index (χ2n) is 7.22. The highest BCUT2D eigenvalue weighted by Crippen LogP contribution is 2.22. The van der Waals surface area contributed by atoms with Crippen LogP contribution in [0.2, 0.25) is 0 Å². The summed E-state index contributed by atoms with van der Waals surface area (Å²) in [6, 6.07) is 0. The van der Waals surface area contributed by atoms with Gasteiger partial charge in [0.05, 0.1) is 33.0 Å². The summed E-state index contributed by atoms with van der Waals surface area (Å²) >= 11 is 0. The van der Waals surface area contributed by atoms with Gasteiger partial charge >= 0.3 is 6.18 Å². The number of aliphatic hydroxyl groups excluding tert-OH is 2. The molecule has 0 aliphatic rings. The summed E-state index contributed by atoms with van der Waals surface area (Å²) < 4.78 is 52.0. The average Bonchev–Trinajstić information content (AvgIpc) is 2.45. The molecule has 0 spiro atoms. The fourth-order valence-electron chi connectivity index (χ4n) is 1.83. The molecule has 1 atom stereocenters. The Balaban J connectivity index is 4.04. The molecule has 0 aromatic carbocycles. The van der Waals surface area contributed by atoms with Crippen molar-refractivity contribution in [1.82, 2.24) is 0 Å². The molecular formula is C16H31F3O5. The topological polar surface area (TPSA) is 68.2 Å². The minimum Gasteiger partial charge on any atom is -0.396 e. The first-order chi connectivity index (χ1) is 11.0. The van der Waals surface area contributed by atoms with Crippen molar-refractivity contribution in [2.24, 2.45) is 10.8 Å². The molecule has 146 valence electrons. The van der Waals surface area contributed by atoms with Gasteiger partial charge < -0.3 is 24.4 Å². The Hall–Kier alpha value is -0.410. The molecule has 0 fully saturated rings. The molecule has 0 saturated heterocycles. The fraction of sp³-hybridized carbons (Fsp3) is 1.00. The number of unbranched alkanes of at least 4 members (excludes halogenated alkanes) is 1. The molecule has 0 aliphatic heterocycles. The summed E-state index contributed by atoms with van der Waals surface area (Å²) in [6.07, 6.45) is -2.90. The van der Waals surface area contributed by atoms with Crippen LogP contribution in [-0.4, -0.2) is 69.2 Å². The van der Waals surface area contributed by atoms with E-state index in [1.54, 1.807) is 6.92 Å². The number of hydrogen-bond acceptors (Lipinski definition) is 5. The maximum absolute atomic E-state index is 12.1. The van der Waals surface area contributed by atoms with Crippen LogP contribution in [0.1, 0.15) is 33.6 Å². The predicted octanol–water partition coefficient (Wildman–Crippen LogP) is 2.40. The molecule has 0 rings (SSSR count). The zero-order chi connectivity index (χ0) is 18.7. The smallest absolute Gasteiger partial charge is 0.396 e. The number of aliphatic hydroxyl groups is 2. The molecular weight excluding hydrogens is 329 g/mol. The van der Waals surface area contributed by atoms with Crippen molar-refractivity contribution in [3.8, 4) is 0 Å². The van der Waals surface area contributed by atoms with Crippen LogP contribution < -0.4 is 0 Å². The average molecular weight is 360 g/mol. The molecule has 0 aromatic heterocycles. The lowest BCUT2D eigenvalue weighted by Gasteiger charge is -2.30. The normalized spacial score (nSPS) is 15.5. The molecule has 24 heavy (non-hydrogen) atoms. The molecule has 0 amide bonds. The molecule has 1 unspecified atom stereocenters. The van der Waals surface area contributed by atoms with Gasteiger partial charge in [0.25, 0.3) is 0 Å². The predicted molar refractivity (Wildman–Crippen MR) is 83.8 cm³/mol. The van der Waals surface area contributed by atoms with Gasteiger partial charge in [0.1, 0.15) is 6.61 Å². The van der Waals surface area contributed by atoms with Gasteiger partial charge in [-0.15, -0.1) is 0 Å². The van der Waals surface area contributed by atoms with Crippen LogP contribution >= 0.6 is 0 Å². The maximum Gasteiger partial charge on any atom is 0.411 e. The lowest BCUT2D eigenvalue weighted by molar-refractivity contribution is -0.185. The Morgan fingerprint density at radius 3 is 1.79 bits per heavy atom. The SMILES string of the molecule is CC(C)(COCCCCO)COCC(C)(CO)COCC(F)(F)F. The van der Waals surface area contributed by atoms with Gasteiger partial charge in [-0.3, -0.25) is 0 Å². The third kappa shape index (κ3) is 12.9. The number of halogens is 3. The summed E-state index contributed by atoms with van der Waals surface area (Å²) in [6.45, 7) is 5.23. The number of ether oxygens (including phenoxy) is 3. The highest BCUT2D eigenvalue weighted by atomic mass is 19.4. The van der Waals surface area contributed by atoms with Crippen LogP contribution in [0.25, 0.3) is 0 Å². The Kier molecular flexibility index (Phi) is 11.1. The zero-order valence-corrected chi connectivity index (χ0v) is 14.8. The molecule has 0 aliphatic carbocycles. The summed E-state index contributed by atoms with van der Waals surface area (Å²) in [4.78, 5) is 0. The van der Waals surface area contributed by atoms with Gasteiger partial charge in [-0.05, 0) is 12.8 Å². The summed E-state index contributed by atoms with van der Waals surface area (Å²) in [7, 11) is 0. The van der Waals surface area contributed by atoms with Gasteiger partial charge in [0.2, 0.25) is 0 Å². The molecule has 2 N–H and O–H groups in total. The molecule has 5 nitrogen and oxygen atoms in total. The van der Waals surface area contributed by atoms with Crippen molar-refractivity contribution in [3.05, 3.63) is 0 Å². The van der Waals surface area contributed by atoms with E-state index < -0.39 is 18.2 Å². The summed E-state index contributed by atoms with van der Waals surface area (Å²) in [5.74, 6) is 0. The van der Waals surface area contributed by atoms with E-state index in [-0.39, 0.29) is 31.8 Å². The molecule has 0 radical (unpaired) electrons. The van der Waals surface area contributed by atoms with Crippen LogP contribution in [0.15, 0.2) is 0 Å². The first kappa shape index (κ1) is 23.6. The summed E-state index contributed by atoms with van der Waals surface area (Å²) in [5, 5.41) is 18.1. The lowest BCUT2D eigenvalue weighted by atomic mass is 9.93. The minimum atomic E-state index is -4.38. The van der Waals surface area contributed by atoms with Crippen LogP contribution in [0.4, 0.5) is 13.2 Å². The molecule has 0 saturated carbocycles. The number of hydrogen-bond donors (Lipinski definition) is 2. The summed E-state index contributed by atoms with van der Waals surface area (Å²) in [5.41, 5.74) is -1.15. The second kappa shape index (κ2) is 11.3. The van der Waals surface area contributed by atoms with E-state index in [0.29, 0.717) is 26.2 Å². The second-order valence-corrected chi connectivity index (χ2v) is 7.22. The van der Waals surface area contributed by atoms with Gasteiger partial charge in [-0.25, -0.2) is 0 Å². The Morgan fingerprint density at radius 1 is 0.750 bits per heavy atom. The quantitative estimate of drug-likeness (QED) is 0.466. The molecule has 0 heterocycles. The molecule has 0 aromatic rings. The van der Waals surface area contributed by atoms with Crippen molar-refractivity contribution >= 4 is 0 Å². The zero-order valence-electron chi connectivity index (χ0n) is 14.8. The minimum absolute atomic E-state index is 0.0926. The Labute approximate surface area is 142 Å². The Morgan fingerprint density at radius 2 is 1.29 bits per heavy atom. The van der Waals surface area contributed by atoms with Crippen molar-refractivity contribution < 1.29 is 37.6 Å². The van der Waals surface area contributed by atoms with E-state index in [2.05, 4.69) is 4.74 Å². The van der Waals surface area contributed by atoms with Gasteiger partial charge in [0, 0.05) is 24.0 Å². The van der Waals surface area contributed by atoms with Crippen molar-refractivity contribution in [1.29, 1.82) is 0 Å². The standard InChI is InChI=1S/C16H31F3O5/c1-14(2,9-22-7-5-4-6-20)10-23-11-15(3,8-21)12-24-13-16(17,18)19/h20-21H,4-13H2,1-3H3. The fourth-order valence-corrected chi connectivity index (χ4v) is 1.83. The van der Waals surface area contributed by atoms with E-state index in [4.69, 9.17) is 14.6 Å². The van der Waals surface area contributed by atoms with E-state index in [1.807, 2.05) is 13.8 Å². The van der Waals surface area contributed by atoms with Gasteiger partial charge in [-0.1, -0.05) is 20.8 Å². The molecule has 8 heteroatoms. The van der Waals surface area contributed by atoms with Crippen molar-refractivity contribution in [2.75, 3.05) is 52.9 Å². The van der Waals surface area contributed by atoms with E-state index in [1.165, 1.54) is 0 Å². The number of rotatable bonds is 14.